The van der Waals surface area contributed by atoms with Gasteiger partial charge in [-0.05, 0) is 53.6 Å². The normalized spacial score (nSPS) is 17.3. The Kier molecular flexibility index (Phi) is 6.17. The summed E-state index contributed by atoms with van der Waals surface area (Å²) in [6, 6.07) is 18.3. The summed E-state index contributed by atoms with van der Waals surface area (Å²) in [7, 11) is 1.52. The highest BCUT2D eigenvalue weighted by Gasteiger charge is 2.43. The van der Waals surface area contributed by atoms with Crippen molar-refractivity contribution in [3.8, 4) is 11.5 Å². The number of cyclic esters (lactones) is 1. The number of rotatable bonds is 6. The van der Waals surface area contributed by atoms with Crippen LogP contribution in [-0.2, 0) is 20.9 Å². The number of hydrogen-bond acceptors (Lipinski definition) is 5. The Morgan fingerprint density at radius 2 is 1.86 bits per heavy atom. The summed E-state index contributed by atoms with van der Waals surface area (Å²) in [6.07, 6.45) is 0.0827. The third-order valence-electron chi connectivity index (χ3n) is 6.08. The molecule has 35 heavy (non-hydrogen) atoms. The van der Waals surface area contributed by atoms with E-state index < -0.39 is 11.9 Å². The SMILES string of the molecule is COc1cc(C2CC(=O)N(c3cccc(Cl)c3)C3=C2C(=O)OC3)ccc1OCc1ccc(F)cc1. The van der Waals surface area contributed by atoms with E-state index in [1.54, 1.807) is 48.5 Å². The number of carbonyl (C=O) groups excluding carboxylic acids is 2. The van der Waals surface area contributed by atoms with Gasteiger partial charge < -0.3 is 14.2 Å². The molecule has 6 nitrogen and oxygen atoms in total. The monoisotopic (exact) mass is 493 g/mol. The van der Waals surface area contributed by atoms with Gasteiger partial charge >= 0.3 is 5.97 Å². The fourth-order valence-corrected chi connectivity index (χ4v) is 4.60. The summed E-state index contributed by atoms with van der Waals surface area (Å²) >= 11 is 6.13. The van der Waals surface area contributed by atoms with Crippen LogP contribution in [0.15, 0.2) is 78.0 Å². The lowest BCUT2D eigenvalue weighted by atomic mass is 9.84. The van der Waals surface area contributed by atoms with Crippen molar-refractivity contribution in [2.75, 3.05) is 18.6 Å². The van der Waals surface area contributed by atoms with Crippen LogP contribution in [0.1, 0.15) is 23.5 Å². The van der Waals surface area contributed by atoms with Crippen molar-refractivity contribution in [2.45, 2.75) is 18.9 Å². The lowest BCUT2D eigenvalue weighted by molar-refractivity contribution is -0.136. The van der Waals surface area contributed by atoms with Gasteiger partial charge in [-0.15, -0.1) is 0 Å². The molecule has 0 saturated carbocycles. The van der Waals surface area contributed by atoms with E-state index in [9.17, 15) is 14.0 Å². The molecule has 0 aromatic heterocycles. The van der Waals surface area contributed by atoms with Gasteiger partial charge in [0.25, 0.3) is 0 Å². The van der Waals surface area contributed by atoms with Crippen molar-refractivity contribution in [1.82, 2.24) is 0 Å². The molecule has 0 saturated heterocycles. The van der Waals surface area contributed by atoms with Crippen LogP contribution in [0.2, 0.25) is 5.02 Å². The van der Waals surface area contributed by atoms with E-state index in [4.69, 9.17) is 25.8 Å². The second-order valence-corrected chi connectivity index (χ2v) is 8.66. The van der Waals surface area contributed by atoms with Crippen LogP contribution in [0, 0.1) is 5.82 Å². The van der Waals surface area contributed by atoms with Crippen LogP contribution < -0.4 is 14.4 Å². The molecular weight excluding hydrogens is 473 g/mol. The molecule has 0 N–H and O–H groups in total. The first-order valence-corrected chi connectivity index (χ1v) is 11.4. The summed E-state index contributed by atoms with van der Waals surface area (Å²) in [5.74, 6) is -0.451. The van der Waals surface area contributed by atoms with Gasteiger partial charge in [-0.1, -0.05) is 35.9 Å². The standard InChI is InChI=1S/C27H21ClFNO5/c1-33-24-11-17(7-10-23(24)34-14-16-5-8-19(29)9-6-16)21-13-25(31)30(20-4-2-3-18(28)12-20)22-15-35-27(32)26(21)22/h2-12,21H,13-15H2,1H3. The Bertz CT molecular complexity index is 1340. The van der Waals surface area contributed by atoms with Gasteiger partial charge in [-0.3, -0.25) is 9.69 Å². The fraction of sp³-hybridized carbons (Fsp3) is 0.185. The van der Waals surface area contributed by atoms with Crippen LogP contribution in [0.4, 0.5) is 10.1 Å². The zero-order valence-electron chi connectivity index (χ0n) is 18.8. The molecule has 1 unspecified atom stereocenters. The minimum absolute atomic E-state index is 0.0128. The van der Waals surface area contributed by atoms with Crippen molar-refractivity contribution < 1.29 is 28.2 Å². The number of esters is 1. The maximum atomic E-state index is 13.2. The molecule has 1 atom stereocenters. The van der Waals surface area contributed by atoms with Crippen LogP contribution >= 0.6 is 11.6 Å². The largest absolute Gasteiger partial charge is 0.493 e. The maximum absolute atomic E-state index is 13.2. The molecule has 178 valence electrons. The predicted molar refractivity (Wildman–Crippen MR) is 128 cm³/mol. The minimum atomic E-state index is -0.483. The van der Waals surface area contributed by atoms with Crippen molar-refractivity contribution in [3.05, 3.63) is 100.0 Å². The number of ether oxygens (including phenoxy) is 3. The van der Waals surface area contributed by atoms with Crippen molar-refractivity contribution in [3.63, 3.8) is 0 Å². The Hall–Kier alpha value is -3.84. The molecule has 0 aliphatic carbocycles. The molecule has 0 bridgehead atoms. The van der Waals surface area contributed by atoms with Gasteiger partial charge in [0.1, 0.15) is 19.0 Å². The van der Waals surface area contributed by atoms with E-state index in [-0.39, 0.29) is 31.4 Å². The second-order valence-electron chi connectivity index (χ2n) is 8.23. The zero-order valence-corrected chi connectivity index (χ0v) is 19.5. The lowest BCUT2D eigenvalue weighted by Gasteiger charge is -2.32. The van der Waals surface area contributed by atoms with E-state index in [1.165, 1.54) is 24.1 Å². The Balaban J connectivity index is 1.45. The number of amides is 1. The minimum Gasteiger partial charge on any atom is -0.493 e. The van der Waals surface area contributed by atoms with Crippen molar-refractivity contribution in [2.24, 2.45) is 0 Å². The molecule has 0 radical (unpaired) electrons. The molecule has 0 spiro atoms. The molecule has 3 aromatic rings. The molecule has 2 heterocycles. The summed E-state index contributed by atoms with van der Waals surface area (Å²) in [5.41, 5.74) is 3.11. The quantitative estimate of drug-likeness (QED) is 0.430. The maximum Gasteiger partial charge on any atom is 0.336 e. The fourth-order valence-electron chi connectivity index (χ4n) is 4.42. The Morgan fingerprint density at radius 1 is 1.06 bits per heavy atom. The number of nitrogens with zero attached hydrogens (tertiary/aromatic N) is 1. The third kappa shape index (κ3) is 4.47. The molecule has 2 aliphatic heterocycles. The van der Waals surface area contributed by atoms with E-state index >= 15 is 0 Å². The highest BCUT2D eigenvalue weighted by atomic mass is 35.5. The smallest absolute Gasteiger partial charge is 0.336 e. The highest BCUT2D eigenvalue weighted by molar-refractivity contribution is 6.31. The van der Waals surface area contributed by atoms with Gasteiger partial charge in [0.2, 0.25) is 5.91 Å². The summed E-state index contributed by atoms with van der Waals surface area (Å²) in [6.45, 7) is 0.243. The predicted octanol–water partition coefficient (Wildman–Crippen LogP) is 5.40. The first kappa shape index (κ1) is 22.9. The topological polar surface area (TPSA) is 65.1 Å². The molecule has 5 rings (SSSR count). The van der Waals surface area contributed by atoms with Crippen molar-refractivity contribution >= 4 is 29.2 Å². The third-order valence-corrected chi connectivity index (χ3v) is 6.32. The number of methoxy groups -OCH3 is 1. The number of carbonyl (C=O) groups is 2. The molecule has 1 amide bonds. The van der Waals surface area contributed by atoms with Crippen LogP contribution in [-0.4, -0.2) is 25.6 Å². The van der Waals surface area contributed by atoms with Crippen LogP contribution in [0.25, 0.3) is 0 Å². The average molecular weight is 494 g/mol. The van der Waals surface area contributed by atoms with Gasteiger partial charge in [-0.25, -0.2) is 9.18 Å². The lowest BCUT2D eigenvalue weighted by Crippen LogP contribution is -2.37. The average Bonchev–Trinajstić information content (AvgIpc) is 3.24. The number of anilines is 1. The van der Waals surface area contributed by atoms with Gasteiger partial charge in [0.15, 0.2) is 11.5 Å². The van der Waals surface area contributed by atoms with Crippen LogP contribution in [0.3, 0.4) is 0 Å². The van der Waals surface area contributed by atoms with E-state index in [1.807, 2.05) is 6.07 Å². The number of hydrogen-bond donors (Lipinski definition) is 0. The van der Waals surface area contributed by atoms with E-state index in [0.717, 1.165) is 11.1 Å². The summed E-state index contributed by atoms with van der Waals surface area (Å²) in [4.78, 5) is 27.5. The zero-order chi connectivity index (χ0) is 24.5. The number of benzene rings is 3. The van der Waals surface area contributed by atoms with Gasteiger partial charge in [0, 0.05) is 17.4 Å². The highest BCUT2D eigenvalue weighted by Crippen LogP contribution is 2.44. The first-order chi connectivity index (χ1) is 16.9. The van der Waals surface area contributed by atoms with Gasteiger partial charge in [-0.2, -0.15) is 0 Å². The molecule has 3 aromatic carbocycles. The Labute approximate surface area is 206 Å². The summed E-state index contributed by atoms with van der Waals surface area (Å²) in [5, 5.41) is 0.491. The van der Waals surface area contributed by atoms with Crippen molar-refractivity contribution in [1.29, 1.82) is 0 Å². The van der Waals surface area contributed by atoms with Gasteiger partial charge in [0.05, 0.1) is 24.1 Å². The van der Waals surface area contributed by atoms with E-state index in [2.05, 4.69) is 0 Å². The second kappa shape index (κ2) is 9.43. The molecule has 0 fully saturated rings. The first-order valence-electron chi connectivity index (χ1n) is 11.0. The molecule has 8 heteroatoms. The van der Waals surface area contributed by atoms with Crippen LogP contribution in [0.5, 0.6) is 11.5 Å². The Morgan fingerprint density at radius 3 is 2.60 bits per heavy atom. The molecule has 2 aliphatic rings. The molecular formula is C27H21ClFNO5. The summed E-state index contributed by atoms with van der Waals surface area (Å²) < 4.78 is 29.9. The van der Waals surface area contributed by atoms with E-state index in [0.29, 0.717) is 33.5 Å². The number of halogens is 2.